The van der Waals surface area contributed by atoms with Gasteiger partial charge in [-0.25, -0.2) is 9.59 Å². The Morgan fingerprint density at radius 2 is 1.94 bits per heavy atom. The molecule has 3 aromatic heterocycles. The van der Waals surface area contributed by atoms with Crippen molar-refractivity contribution in [2.75, 3.05) is 19.3 Å². The summed E-state index contributed by atoms with van der Waals surface area (Å²) in [6, 6.07) is 11.3. The Morgan fingerprint density at radius 1 is 1.17 bits per heavy atom. The van der Waals surface area contributed by atoms with Crippen molar-refractivity contribution in [3.8, 4) is 10.4 Å². The number of carbonyl (C=O) groups excluding carboxylic acids is 1. The molecule has 0 radical (unpaired) electrons. The molecule has 10 nitrogen and oxygen atoms in total. The molecule has 1 saturated heterocycles. The highest BCUT2D eigenvalue weighted by Gasteiger charge is 2.24. The van der Waals surface area contributed by atoms with Gasteiger partial charge in [-0.1, -0.05) is 40.2 Å². The Labute approximate surface area is 208 Å². The molecule has 12 heteroatoms. The summed E-state index contributed by atoms with van der Waals surface area (Å²) in [6.45, 7) is 0.992. The third-order valence-electron chi connectivity index (χ3n) is 5.71. The third kappa shape index (κ3) is 4.76. The molecule has 0 unspecified atom stereocenters. The summed E-state index contributed by atoms with van der Waals surface area (Å²) in [5.74, 6) is 1.30. The van der Waals surface area contributed by atoms with E-state index in [0.717, 1.165) is 29.7 Å². The predicted molar refractivity (Wildman–Crippen MR) is 134 cm³/mol. The number of thiophene rings is 1. The fourth-order valence-electron chi connectivity index (χ4n) is 3.99. The van der Waals surface area contributed by atoms with Crippen molar-refractivity contribution < 1.29 is 14.2 Å². The molecule has 35 heavy (non-hydrogen) atoms. The number of benzene rings is 1. The van der Waals surface area contributed by atoms with Gasteiger partial charge in [0.15, 0.2) is 5.82 Å². The first kappa shape index (κ1) is 23.4. The maximum atomic E-state index is 13.4. The number of piperidine rings is 1. The van der Waals surface area contributed by atoms with Gasteiger partial charge in [0, 0.05) is 18.0 Å². The van der Waals surface area contributed by atoms with Crippen molar-refractivity contribution in [1.29, 1.82) is 0 Å². The topological polar surface area (TPSA) is 112 Å². The van der Waals surface area contributed by atoms with Gasteiger partial charge < -0.3 is 14.3 Å². The summed E-state index contributed by atoms with van der Waals surface area (Å²) < 4.78 is 7.50. The summed E-state index contributed by atoms with van der Waals surface area (Å²) >= 11 is 2.78. The van der Waals surface area contributed by atoms with Crippen molar-refractivity contribution in [2.24, 2.45) is 0 Å². The number of carbonyl (C=O) groups is 1. The molecule has 1 aromatic carbocycles. The first-order valence-corrected chi connectivity index (χ1v) is 13.4. The van der Waals surface area contributed by atoms with Gasteiger partial charge in [0.2, 0.25) is 5.89 Å². The van der Waals surface area contributed by atoms with Gasteiger partial charge in [0.1, 0.15) is 11.2 Å². The second-order valence-corrected chi connectivity index (χ2v) is 10.0. The highest BCUT2D eigenvalue weighted by atomic mass is 32.2. The number of nitrogens with zero attached hydrogens (tertiary/aromatic N) is 5. The van der Waals surface area contributed by atoms with E-state index in [4.69, 9.17) is 9.36 Å². The minimum Gasteiger partial charge on any atom is -0.337 e. The third-order valence-corrected chi connectivity index (χ3v) is 7.41. The van der Waals surface area contributed by atoms with Gasteiger partial charge in [-0.15, -0.1) is 11.3 Å². The fourth-order valence-corrected chi connectivity index (χ4v) is 5.46. The molecule has 1 fully saturated rings. The number of aromatic nitrogens is 4. The zero-order valence-corrected chi connectivity index (χ0v) is 20.6. The van der Waals surface area contributed by atoms with Crippen LogP contribution in [-0.2, 0) is 12.3 Å². The summed E-state index contributed by atoms with van der Waals surface area (Å²) in [5.41, 5.74) is -0.134. The smallest absolute Gasteiger partial charge is 0.337 e. The molecule has 0 aliphatic carbocycles. The first-order valence-electron chi connectivity index (χ1n) is 11.2. The summed E-state index contributed by atoms with van der Waals surface area (Å²) in [6.07, 6.45) is 3.95. The maximum absolute atomic E-state index is 13.4. The van der Waals surface area contributed by atoms with Crippen LogP contribution in [0.4, 0.5) is 4.79 Å². The zero-order valence-electron chi connectivity index (χ0n) is 19.0. The molecule has 0 spiro atoms. The van der Waals surface area contributed by atoms with E-state index in [1.165, 1.54) is 20.8 Å². The molecule has 0 atom stereocenters. The van der Waals surface area contributed by atoms with Crippen LogP contribution in [0.3, 0.4) is 0 Å². The number of amides is 1. The van der Waals surface area contributed by atoms with Crippen molar-refractivity contribution in [1.82, 2.24) is 24.3 Å². The number of thioether (sulfide) groups is 1. The summed E-state index contributed by atoms with van der Waals surface area (Å²) in [5, 5.41) is 3.93. The Kier molecular flexibility index (Phi) is 6.73. The molecule has 5 rings (SSSR count). The van der Waals surface area contributed by atoms with Crippen LogP contribution in [0.2, 0.25) is 0 Å². The van der Waals surface area contributed by atoms with Crippen LogP contribution in [0.15, 0.2) is 50.5 Å². The minimum absolute atomic E-state index is 0.0662. The Morgan fingerprint density at radius 3 is 2.69 bits per heavy atom. The fraction of sp³-hybridized carbons (Fsp3) is 0.348. The molecular formula is C23H23N5O5S2. The molecule has 182 valence electrons. The van der Waals surface area contributed by atoms with E-state index in [0.29, 0.717) is 39.6 Å². The van der Waals surface area contributed by atoms with Gasteiger partial charge in [-0.05, 0) is 37.1 Å². The summed E-state index contributed by atoms with van der Waals surface area (Å²) in [4.78, 5) is 51.5. The standard InChI is InChI=1S/C23H23N5O5S2/c1-34-14-18-24-19(32-25-18)13-27-16-12-17(15-8-4-2-5-9-15)35-20(16)21(29)28(22(27)30)33-23(31)26-10-6-3-7-11-26/h2,4-5,8-9,12H,3,6-7,10-11,13-14H2,1H3. The van der Waals surface area contributed by atoms with Gasteiger partial charge in [-0.2, -0.15) is 16.7 Å². The number of fused-ring (bicyclic) bond motifs is 1. The van der Waals surface area contributed by atoms with Crippen molar-refractivity contribution in [2.45, 2.75) is 31.6 Å². The molecule has 1 aliphatic rings. The molecule has 4 heterocycles. The Bertz CT molecular complexity index is 1470. The second-order valence-electron chi connectivity index (χ2n) is 8.10. The lowest BCUT2D eigenvalue weighted by atomic mass is 10.1. The van der Waals surface area contributed by atoms with Crippen molar-refractivity contribution in [3.05, 3.63) is 69.0 Å². The molecular weight excluding hydrogens is 490 g/mol. The first-order chi connectivity index (χ1) is 17.0. The average molecular weight is 514 g/mol. The highest BCUT2D eigenvalue weighted by molar-refractivity contribution is 7.97. The summed E-state index contributed by atoms with van der Waals surface area (Å²) in [7, 11) is 0. The molecule has 0 N–H and O–H groups in total. The minimum atomic E-state index is -0.783. The highest BCUT2D eigenvalue weighted by Crippen LogP contribution is 2.31. The zero-order chi connectivity index (χ0) is 24.4. The van der Waals surface area contributed by atoms with E-state index in [1.807, 2.05) is 36.6 Å². The van der Waals surface area contributed by atoms with Crippen LogP contribution in [0.1, 0.15) is 31.0 Å². The van der Waals surface area contributed by atoms with Crippen LogP contribution in [0.5, 0.6) is 0 Å². The van der Waals surface area contributed by atoms with Gasteiger partial charge in [0.05, 0.1) is 11.3 Å². The molecule has 1 amide bonds. The Balaban J connectivity index is 1.61. The number of likely N-dealkylation sites (tertiary alicyclic amines) is 1. The largest absolute Gasteiger partial charge is 0.434 e. The quantitative estimate of drug-likeness (QED) is 0.386. The molecule has 0 saturated carbocycles. The van der Waals surface area contributed by atoms with Crippen LogP contribution in [0.25, 0.3) is 20.7 Å². The van der Waals surface area contributed by atoms with Crippen LogP contribution in [-0.4, -0.2) is 49.8 Å². The van der Waals surface area contributed by atoms with Crippen LogP contribution in [0, 0.1) is 0 Å². The number of hydrogen-bond donors (Lipinski definition) is 0. The van der Waals surface area contributed by atoms with Gasteiger partial charge in [-0.3, -0.25) is 9.36 Å². The molecule has 4 aromatic rings. The van der Waals surface area contributed by atoms with Crippen LogP contribution >= 0.6 is 23.1 Å². The Hall–Kier alpha value is -3.38. The predicted octanol–water partition coefficient (Wildman–Crippen LogP) is 3.22. The lowest BCUT2D eigenvalue weighted by Crippen LogP contribution is -2.49. The van der Waals surface area contributed by atoms with Crippen LogP contribution < -0.4 is 16.1 Å². The maximum Gasteiger partial charge on any atom is 0.434 e. The number of hydrogen-bond acceptors (Lipinski definition) is 9. The van der Waals surface area contributed by atoms with Gasteiger partial charge >= 0.3 is 17.3 Å². The normalized spacial score (nSPS) is 13.9. The van der Waals surface area contributed by atoms with E-state index >= 15 is 0 Å². The van der Waals surface area contributed by atoms with E-state index < -0.39 is 17.3 Å². The van der Waals surface area contributed by atoms with E-state index in [2.05, 4.69) is 10.1 Å². The average Bonchev–Trinajstić information content (AvgIpc) is 3.53. The second kappa shape index (κ2) is 10.1. The lowest BCUT2D eigenvalue weighted by molar-refractivity contribution is 0.0767. The van der Waals surface area contributed by atoms with Crippen molar-refractivity contribution in [3.63, 3.8) is 0 Å². The molecule has 1 aliphatic heterocycles. The van der Waals surface area contributed by atoms with Gasteiger partial charge in [0.25, 0.3) is 0 Å². The number of rotatable bonds is 6. The monoisotopic (exact) mass is 513 g/mol. The van der Waals surface area contributed by atoms with E-state index in [9.17, 15) is 14.4 Å². The SMILES string of the molecule is CSCc1noc(Cn2c(=O)n(OC(=O)N3CCCCC3)c(=O)c3sc(-c4ccccc4)cc32)n1. The lowest BCUT2D eigenvalue weighted by Gasteiger charge is -2.25. The van der Waals surface area contributed by atoms with Crippen molar-refractivity contribution >= 4 is 39.4 Å². The van der Waals surface area contributed by atoms with E-state index in [1.54, 1.807) is 17.8 Å². The van der Waals surface area contributed by atoms with E-state index in [-0.39, 0.29) is 12.4 Å². The molecule has 0 bridgehead atoms.